The molecule has 1 aliphatic carbocycles. The van der Waals surface area contributed by atoms with Gasteiger partial charge >= 0.3 is 0 Å². The lowest BCUT2D eigenvalue weighted by Crippen LogP contribution is -2.45. The zero-order valence-corrected chi connectivity index (χ0v) is 23.4. The van der Waals surface area contributed by atoms with Gasteiger partial charge in [-0.05, 0) is 57.4 Å². The molecular weight excluding hydrogens is 484 g/mol. The van der Waals surface area contributed by atoms with Crippen LogP contribution in [0.3, 0.4) is 0 Å². The van der Waals surface area contributed by atoms with Crippen molar-refractivity contribution in [3.8, 4) is 5.75 Å². The maximum Gasteiger partial charge on any atom is 0.234 e. The highest BCUT2D eigenvalue weighted by molar-refractivity contribution is 6.00. The molecule has 2 aromatic rings. The van der Waals surface area contributed by atoms with Gasteiger partial charge in [0.15, 0.2) is 5.82 Å². The van der Waals surface area contributed by atoms with E-state index in [1.807, 2.05) is 39.1 Å². The Bertz CT molecular complexity index is 1090. The smallest absolute Gasteiger partial charge is 0.234 e. The van der Waals surface area contributed by atoms with Crippen molar-refractivity contribution in [3.05, 3.63) is 30.0 Å². The fourth-order valence-corrected chi connectivity index (χ4v) is 5.23. The Kier molecular flexibility index (Phi) is 9.40. The van der Waals surface area contributed by atoms with Crippen molar-refractivity contribution in [1.29, 1.82) is 0 Å². The number of fused-ring (bicyclic) bond motifs is 1. The van der Waals surface area contributed by atoms with E-state index < -0.39 is 5.41 Å². The minimum atomic E-state index is -0.522. The van der Waals surface area contributed by atoms with Crippen LogP contribution in [-0.4, -0.2) is 69.6 Å². The van der Waals surface area contributed by atoms with Crippen LogP contribution in [0.5, 0.6) is 5.75 Å². The van der Waals surface area contributed by atoms with Crippen LogP contribution in [0, 0.1) is 5.41 Å². The van der Waals surface area contributed by atoms with Gasteiger partial charge in [-0.2, -0.15) is 4.98 Å². The van der Waals surface area contributed by atoms with Crippen LogP contribution in [0.1, 0.15) is 51.5 Å². The van der Waals surface area contributed by atoms with Crippen LogP contribution >= 0.6 is 0 Å². The summed E-state index contributed by atoms with van der Waals surface area (Å²) in [6.45, 7) is 7.18. The first kappa shape index (κ1) is 28.1. The molecule has 2 aliphatic rings. The molecule has 1 aromatic heterocycles. The molecule has 38 heavy (non-hydrogen) atoms. The Morgan fingerprint density at radius 2 is 1.97 bits per heavy atom. The van der Waals surface area contributed by atoms with Crippen LogP contribution in [0.25, 0.3) is 0 Å². The number of rotatable bonds is 12. The van der Waals surface area contributed by atoms with Gasteiger partial charge in [0, 0.05) is 33.4 Å². The number of amides is 1. The number of anilines is 4. The van der Waals surface area contributed by atoms with Crippen LogP contribution in [-0.2, 0) is 20.9 Å². The summed E-state index contributed by atoms with van der Waals surface area (Å²) >= 11 is 0. The molecule has 0 bridgehead atoms. The molecular formula is C28H42N6O4. The summed E-state index contributed by atoms with van der Waals surface area (Å²) in [6, 6.07) is 6.28. The average molecular weight is 527 g/mol. The van der Waals surface area contributed by atoms with Gasteiger partial charge in [-0.25, -0.2) is 4.98 Å². The van der Waals surface area contributed by atoms with Gasteiger partial charge in [0.1, 0.15) is 11.4 Å². The SMILES string of the molecule is COCCCNCOCc1ccc(Nc2ncc3c(n2)N(C2CCCC2)CC(C)(C)C(=O)N3C)c(OC)c1. The zero-order valence-electron chi connectivity index (χ0n) is 23.4. The van der Waals surface area contributed by atoms with Gasteiger partial charge in [0.2, 0.25) is 11.9 Å². The number of nitrogens with one attached hydrogen (secondary N) is 2. The molecule has 1 aliphatic heterocycles. The van der Waals surface area contributed by atoms with Crippen molar-refractivity contribution in [2.75, 3.05) is 62.8 Å². The highest BCUT2D eigenvalue weighted by Crippen LogP contribution is 2.40. The minimum absolute atomic E-state index is 0.0770. The molecule has 2 heterocycles. The lowest BCUT2D eigenvalue weighted by Gasteiger charge is -2.34. The molecule has 1 saturated carbocycles. The van der Waals surface area contributed by atoms with Crippen molar-refractivity contribution < 1.29 is 19.0 Å². The van der Waals surface area contributed by atoms with Gasteiger partial charge in [-0.15, -0.1) is 0 Å². The topological polar surface area (TPSA) is 101 Å². The third-order valence-corrected chi connectivity index (χ3v) is 7.29. The number of hydrogen-bond donors (Lipinski definition) is 2. The molecule has 208 valence electrons. The van der Waals surface area contributed by atoms with E-state index in [4.69, 9.17) is 19.2 Å². The summed E-state index contributed by atoms with van der Waals surface area (Å²) in [5.41, 5.74) is 1.99. The maximum atomic E-state index is 13.2. The summed E-state index contributed by atoms with van der Waals surface area (Å²) in [6.07, 6.45) is 7.32. The van der Waals surface area contributed by atoms with E-state index >= 15 is 0 Å². The summed E-state index contributed by atoms with van der Waals surface area (Å²) in [4.78, 5) is 26.8. The second-order valence-corrected chi connectivity index (χ2v) is 10.7. The largest absolute Gasteiger partial charge is 0.495 e. The molecule has 0 saturated heterocycles. The van der Waals surface area contributed by atoms with E-state index in [1.165, 1.54) is 12.8 Å². The number of benzene rings is 1. The number of methoxy groups -OCH3 is 2. The summed E-state index contributed by atoms with van der Waals surface area (Å²) in [5.74, 6) is 2.03. The number of nitrogens with zero attached hydrogens (tertiary/aromatic N) is 4. The molecule has 0 unspecified atom stereocenters. The Balaban J connectivity index is 1.50. The third-order valence-electron chi connectivity index (χ3n) is 7.29. The quantitative estimate of drug-likeness (QED) is 0.313. The van der Waals surface area contributed by atoms with Crippen LogP contribution in [0.4, 0.5) is 23.1 Å². The number of hydrogen-bond acceptors (Lipinski definition) is 9. The second kappa shape index (κ2) is 12.7. The highest BCUT2D eigenvalue weighted by atomic mass is 16.5. The van der Waals surface area contributed by atoms with Gasteiger partial charge in [-0.3, -0.25) is 10.1 Å². The van der Waals surface area contributed by atoms with Crippen molar-refractivity contribution in [1.82, 2.24) is 15.3 Å². The van der Waals surface area contributed by atoms with Gasteiger partial charge in [0.25, 0.3) is 0 Å². The first-order chi connectivity index (χ1) is 18.3. The fraction of sp³-hybridized carbons (Fsp3) is 0.607. The monoisotopic (exact) mass is 526 g/mol. The Hall–Kier alpha value is -2.95. The van der Waals surface area contributed by atoms with E-state index in [0.29, 0.717) is 37.6 Å². The van der Waals surface area contributed by atoms with Crippen LogP contribution in [0.2, 0.25) is 0 Å². The third kappa shape index (κ3) is 6.54. The molecule has 10 heteroatoms. The van der Waals surface area contributed by atoms with E-state index in [-0.39, 0.29) is 5.91 Å². The molecule has 0 atom stereocenters. The van der Waals surface area contributed by atoms with E-state index in [1.54, 1.807) is 25.3 Å². The minimum Gasteiger partial charge on any atom is -0.495 e. The van der Waals surface area contributed by atoms with Crippen LogP contribution in [0.15, 0.2) is 24.4 Å². The highest BCUT2D eigenvalue weighted by Gasteiger charge is 2.41. The summed E-state index contributed by atoms with van der Waals surface area (Å²) in [7, 11) is 5.16. The molecule has 1 aromatic carbocycles. The van der Waals surface area contributed by atoms with E-state index in [2.05, 4.69) is 20.5 Å². The van der Waals surface area contributed by atoms with Crippen molar-refractivity contribution >= 4 is 29.0 Å². The lowest BCUT2D eigenvalue weighted by molar-refractivity contribution is -0.125. The predicted octanol–water partition coefficient (Wildman–Crippen LogP) is 4.08. The molecule has 1 fully saturated rings. The summed E-state index contributed by atoms with van der Waals surface area (Å²) in [5, 5.41) is 6.57. The second-order valence-electron chi connectivity index (χ2n) is 10.7. The average Bonchev–Trinajstić information content (AvgIpc) is 3.44. The number of ether oxygens (including phenoxy) is 3. The normalized spacial score (nSPS) is 17.4. The van der Waals surface area contributed by atoms with Crippen molar-refractivity contribution in [2.24, 2.45) is 5.41 Å². The first-order valence-electron chi connectivity index (χ1n) is 13.5. The zero-order chi connectivity index (χ0) is 27.1. The number of carbonyl (C=O) groups excluding carboxylic acids is 1. The standard InChI is InChI=1S/C28H42N6O4/c1-28(2)18-34(21-9-6-7-10-21)25-23(33(3)26(28)35)16-30-27(32-25)31-22-12-11-20(15-24(22)37-5)17-38-19-29-13-8-14-36-4/h11-12,15-16,21,29H,6-10,13-14,17-19H2,1-5H3,(H,30,31,32). The molecule has 2 N–H and O–H groups in total. The van der Waals surface area contributed by atoms with Gasteiger partial charge in [0.05, 0.1) is 37.7 Å². The van der Waals surface area contributed by atoms with Gasteiger partial charge < -0.3 is 29.3 Å². The molecule has 0 spiro atoms. The lowest BCUT2D eigenvalue weighted by atomic mass is 9.91. The van der Waals surface area contributed by atoms with Crippen molar-refractivity contribution in [2.45, 2.75) is 58.6 Å². The Labute approximate surface area is 226 Å². The summed E-state index contributed by atoms with van der Waals surface area (Å²) < 4.78 is 16.4. The van der Waals surface area contributed by atoms with Gasteiger partial charge in [-0.1, -0.05) is 18.9 Å². The Morgan fingerprint density at radius 3 is 2.71 bits per heavy atom. The molecule has 0 radical (unpaired) electrons. The van der Waals surface area contributed by atoms with E-state index in [9.17, 15) is 4.79 Å². The number of carbonyl (C=O) groups is 1. The molecule has 10 nitrogen and oxygen atoms in total. The molecule has 1 amide bonds. The molecule has 4 rings (SSSR count). The van der Waals surface area contributed by atoms with E-state index in [0.717, 1.165) is 55.2 Å². The number of aromatic nitrogens is 2. The van der Waals surface area contributed by atoms with Crippen molar-refractivity contribution in [3.63, 3.8) is 0 Å². The fourth-order valence-electron chi connectivity index (χ4n) is 5.23. The first-order valence-corrected chi connectivity index (χ1v) is 13.5. The van der Waals surface area contributed by atoms with Crippen LogP contribution < -0.4 is 25.2 Å². The predicted molar refractivity (Wildman–Crippen MR) is 149 cm³/mol. The Morgan fingerprint density at radius 1 is 1.18 bits per heavy atom. The maximum absolute atomic E-state index is 13.2.